The summed E-state index contributed by atoms with van der Waals surface area (Å²) in [6.07, 6.45) is -1.99. The number of nitrogens with zero attached hydrogens (tertiary/aromatic N) is 3. The number of pyridine rings is 1. The highest BCUT2D eigenvalue weighted by atomic mass is 19.4. The van der Waals surface area contributed by atoms with Crippen LogP contribution in [-0.4, -0.2) is 25.6 Å². The van der Waals surface area contributed by atoms with Gasteiger partial charge in [-0.05, 0) is 42.0 Å². The summed E-state index contributed by atoms with van der Waals surface area (Å²) < 4.78 is 43.0. The monoisotopic (exact) mass is 416 g/mol. The molecule has 0 atom stereocenters. The summed E-state index contributed by atoms with van der Waals surface area (Å²) in [4.78, 5) is 17.1. The van der Waals surface area contributed by atoms with E-state index in [1.807, 2.05) is 6.07 Å². The van der Waals surface area contributed by atoms with E-state index in [0.717, 1.165) is 27.6 Å². The van der Waals surface area contributed by atoms with Crippen molar-refractivity contribution in [3.8, 4) is 17.3 Å². The summed E-state index contributed by atoms with van der Waals surface area (Å²) in [6.45, 7) is 0.136. The highest BCUT2D eigenvalue weighted by molar-refractivity contribution is 5.91. The number of fused-ring (bicyclic) bond motifs is 1. The summed E-state index contributed by atoms with van der Waals surface area (Å²) in [7, 11) is 0. The Kier molecular flexibility index (Phi) is 4.61. The van der Waals surface area contributed by atoms with Gasteiger partial charge in [-0.2, -0.15) is 0 Å². The van der Waals surface area contributed by atoms with Crippen molar-refractivity contribution in [1.29, 1.82) is 0 Å². The van der Waals surface area contributed by atoms with Gasteiger partial charge in [0.05, 0.1) is 29.6 Å². The summed E-state index contributed by atoms with van der Waals surface area (Å²) in [5, 5.41) is 11.0. The van der Waals surface area contributed by atoms with Crippen molar-refractivity contribution < 1.29 is 23.0 Å². The Morgan fingerprint density at radius 2 is 1.83 bits per heavy atom. The van der Waals surface area contributed by atoms with Crippen LogP contribution in [0.25, 0.3) is 16.6 Å². The number of para-hydroxylation sites is 1. The average molecular weight is 416 g/mol. The van der Waals surface area contributed by atoms with Gasteiger partial charge in [0.25, 0.3) is 0 Å². The van der Waals surface area contributed by atoms with Crippen LogP contribution < -0.4 is 16.2 Å². The molecule has 10 heteroatoms. The fourth-order valence-electron chi connectivity index (χ4n) is 3.21. The second-order valence-electron chi connectivity index (χ2n) is 6.49. The van der Waals surface area contributed by atoms with Gasteiger partial charge >= 0.3 is 12.1 Å². The number of aromatic nitrogens is 3. The van der Waals surface area contributed by atoms with E-state index in [1.165, 1.54) is 22.9 Å². The molecule has 0 unspecified atom stereocenters. The fraction of sp³-hybridized carbons (Fsp3) is 0.100. The van der Waals surface area contributed by atoms with Crippen LogP contribution in [0.2, 0.25) is 0 Å². The lowest BCUT2D eigenvalue weighted by Crippen LogP contribution is -2.23. The molecule has 7 nitrogen and oxygen atoms in total. The highest BCUT2D eigenvalue weighted by Crippen LogP contribution is 2.25. The molecule has 0 amide bonds. The zero-order valence-electron chi connectivity index (χ0n) is 15.3. The predicted octanol–water partition coefficient (Wildman–Crippen LogP) is 3.42. The fourth-order valence-corrected chi connectivity index (χ4v) is 3.21. The molecule has 3 N–H and O–H groups in total. The molecule has 2 aromatic carbocycles. The predicted molar refractivity (Wildman–Crippen MR) is 104 cm³/mol. The van der Waals surface area contributed by atoms with Crippen molar-refractivity contribution >= 4 is 16.6 Å². The summed E-state index contributed by atoms with van der Waals surface area (Å²) in [6, 6.07) is 11.7. The minimum absolute atomic E-state index is 0.136. The number of alkyl halides is 3. The van der Waals surface area contributed by atoms with E-state index in [4.69, 9.17) is 5.73 Å². The minimum Gasteiger partial charge on any atom is -0.493 e. The average Bonchev–Trinajstić information content (AvgIpc) is 2.95. The smallest absolute Gasteiger partial charge is 0.493 e. The van der Waals surface area contributed by atoms with Gasteiger partial charge in [0, 0.05) is 11.6 Å². The molecule has 0 saturated carbocycles. The Morgan fingerprint density at radius 3 is 2.53 bits per heavy atom. The van der Waals surface area contributed by atoms with Crippen LogP contribution in [-0.2, 0) is 6.54 Å². The first-order valence-corrected chi connectivity index (χ1v) is 8.72. The molecular weight excluding hydrogens is 401 g/mol. The molecular formula is C20H15F3N4O3. The van der Waals surface area contributed by atoms with Gasteiger partial charge in [-0.3, -0.25) is 9.55 Å². The summed E-state index contributed by atoms with van der Waals surface area (Å²) in [5.74, 6) is -0.790. The van der Waals surface area contributed by atoms with Crippen molar-refractivity contribution in [2.45, 2.75) is 12.9 Å². The van der Waals surface area contributed by atoms with Crippen LogP contribution in [0.5, 0.6) is 11.6 Å². The van der Waals surface area contributed by atoms with E-state index < -0.39 is 17.8 Å². The Hall–Kier alpha value is -3.95. The maximum Gasteiger partial charge on any atom is 0.573 e. The lowest BCUT2D eigenvalue weighted by molar-refractivity contribution is -0.274. The van der Waals surface area contributed by atoms with Gasteiger partial charge in [0.15, 0.2) is 0 Å². The van der Waals surface area contributed by atoms with Crippen molar-refractivity contribution in [3.63, 3.8) is 0 Å². The van der Waals surface area contributed by atoms with Gasteiger partial charge in [-0.25, -0.2) is 9.36 Å². The lowest BCUT2D eigenvalue weighted by Gasteiger charge is -2.09. The first-order chi connectivity index (χ1) is 14.2. The number of rotatable bonds is 4. The van der Waals surface area contributed by atoms with Gasteiger partial charge in [0.2, 0.25) is 5.88 Å². The van der Waals surface area contributed by atoms with Crippen LogP contribution in [0.1, 0.15) is 5.56 Å². The number of ether oxygens (including phenoxy) is 1. The van der Waals surface area contributed by atoms with Gasteiger partial charge in [-0.15, -0.1) is 13.2 Å². The van der Waals surface area contributed by atoms with Crippen molar-refractivity contribution in [1.82, 2.24) is 14.1 Å². The summed E-state index contributed by atoms with van der Waals surface area (Å²) in [5.41, 5.74) is 7.44. The molecule has 30 heavy (non-hydrogen) atoms. The zero-order valence-corrected chi connectivity index (χ0v) is 15.3. The van der Waals surface area contributed by atoms with Crippen LogP contribution in [0.4, 0.5) is 18.9 Å². The molecule has 0 aliphatic carbocycles. The van der Waals surface area contributed by atoms with Gasteiger partial charge in [-0.1, -0.05) is 12.1 Å². The van der Waals surface area contributed by atoms with Gasteiger partial charge in [0.1, 0.15) is 5.75 Å². The number of hydrogen-bond acceptors (Lipinski definition) is 5. The third kappa shape index (κ3) is 3.66. The number of benzene rings is 2. The molecule has 4 aromatic rings. The Labute approximate surface area is 167 Å². The van der Waals surface area contributed by atoms with E-state index in [0.29, 0.717) is 11.2 Å². The molecule has 0 bridgehead atoms. The third-order valence-electron chi connectivity index (χ3n) is 4.50. The standard InChI is InChI=1S/C20H15F3N4O3/c21-20(22,23)30-14-6-4-13(5-7-14)27-17(28)11-26(19(27)29)10-12-8-9-25-18-15(12)2-1-3-16(18)24/h1-9,11,28H,10,24H2. The first kappa shape index (κ1) is 19.4. The Morgan fingerprint density at radius 1 is 1.10 bits per heavy atom. The number of hydrogen-bond donors (Lipinski definition) is 2. The van der Waals surface area contributed by atoms with E-state index in [9.17, 15) is 23.1 Å². The molecule has 0 aliphatic heterocycles. The second-order valence-corrected chi connectivity index (χ2v) is 6.49. The van der Waals surface area contributed by atoms with E-state index in [-0.39, 0.29) is 18.1 Å². The summed E-state index contributed by atoms with van der Waals surface area (Å²) >= 11 is 0. The molecule has 0 spiro atoms. The SMILES string of the molecule is Nc1cccc2c(Cn3cc(O)n(-c4ccc(OC(F)(F)F)cc4)c3=O)ccnc12. The minimum atomic E-state index is -4.82. The molecule has 2 aromatic heterocycles. The molecule has 4 rings (SSSR count). The zero-order chi connectivity index (χ0) is 21.5. The van der Waals surface area contributed by atoms with Crippen LogP contribution >= 0.6 is 0 Å². The second kappa shape index (κ2) is 7.14. The number of aromatic hydroxyl groups is 1. The van der Waals surface area contributed by atoms with Crippen LogP contribution in [0, 0.1) is 0 Å². The maximum absolute atomic E-state index is 12.8. The number of nitrogen functional groups attached to an aromatic ring is 1. The quantitative estimate of drug-likeness (QED) is 0.497. The Balaban J connectivity index is 1.69. The number of imidazole rings is 1. The lowest BCUT2D eigenvalue weighted by atomic mass is 10.1. The largest absolute Gasteiger partial charge is 0.573 e. The molecule has 0 fully saturated rings. The molecule has 0 radical (unpaired) electrons. The van der Waals surface area contributed by atoms with E-state index in [2.05, 4.69) is 9.72 Å². The van der Waals surface area contributed by atoms with E-state index in [1.54, 1.807) is 24.4 Å². The Bertz CT molecular complexity index is 1280. The number of halogens is 3. The van der Waals surface area contributed by atoms with Crippen molar-refractivity contribution in [2.75, 3.05) is 5.73 Å². The number of anilines is 1. The molecule has 0 aliphatic rings. The normalized spacial score (nSPS) is 11.7. The topological polar surface area (TPSA) is 95.3 Å². The molecule has 2 heterocycles. The van der Waals surface area contributed by atoms with Crippen LogP contribution in [0.15, 0.2) is 65.7 Å². The van der Waals surface area contributed by atoms with E-state index >= 15 is 0 Å². The maximum atomic E-state index is 12.8. The first-order valence-electron chi connectivity index (χ1n) is 8.72. The van der Waals surface area contributed by atoms with Crippen molar-refractivity contribution in [2.24, 2.45) is 0 Å². The van der Waals surface area contributed by atoms with Crippen molar-refractivity contribution in [3.05, 3.63) is 77.0 Å². The molecule has 0 saturated heterocycles. The third-order valence-corrected chi connectivity index (χ3v) is 4.50. The molecule has 154 valence electrons. The number of nitrogens with two attached hydrogens (primary N) is 1. The highest BCUT2D eigenvalue weighted by Gasteiger charge is 2.31. The van der Waals surface area contributed by atoms with Crippen LogP contribution in [0.3, 0.4) is 0 Å². The van der Waals surface area contributed by atoms with Gasteiger partial charge < -0.3 is 15.6 Å².